The predicted octanol–water partition coefficient (Wildman–Crippen LogP) is 2.48. The summed E-state index contributed by atoms with van der Waals surface area (Å²) in [6.45, 7) is 8.81. The summed E-state index contributed by atoms with van der Waals surface area (Å²) in [7, 11) is 0. The Morgan fingerprint density at radius 2 is 1.71 bits per heavy atom. The first-order valence-electron chi connectivity index (χ1n) is 5.94. The van der Waals surface area contributed by atoms with Crippen LogP contribution < -0.4 is 0 Å². The number of hydrogen-bond donors (Lipinski definition) is 0. The lowest BCUT2D eigenvalue weighted by Gasteiger charge is -2.36. The second-order valence-electron chi connectivity index (χ2n) is 4.39. The van der Waals surface area contributed by atoms with Crippen LogP contribution in [0.15, 0.2) is 0 Å². The van der Waals surface area contributed by atoms with Gasteiger partial charge < -0.3 is 0 Å². The van der Waals surface area contributed by atoms with Crippen molar-refractivity contribution in [3.63, 3.8) is 0 Å². The van der Waals surface area contributed by atoms with E-state index in [9.17, 15) is 4.79 Å². The third-order valence-electron chi connectivity index (χ3n) is 3.66. The number of Topliss-reactive ketones (excluding diaryl/α,β-unsaturated/α-hetero) is 1. The summed E-state index contributed by atoms with van der Waals surface area (Å²) in [6, 6.07) is 0.651. The van der Waals surface area contributed by atoms with E-state index in [0.29, 0.717) is 11.8 Å². The number of carbonyl (C=O) groups excluding carboxylic acids is 1. The van der Waals surface area contributed by atoms with Gasteiger partial charge in [0.05, 0.1) is 0 Å². The zero-order valence-electron chi connectivity index (χ0n) is 9.75. The number of hydrogen-bond acceptors (Lipinski definition) is 2. The molecular weight excluding hydrogens is 174 g/mol. The van der Waals surface area contributed by atoms with Crippen molar-refractivity contribution in [1.29, 1.82) is 0 Å². The normalized spacial score (nSPS) is 21.6. The van der Waals surface area contributed by atoms with Crippen LogP contribution in [0.4, 0.5) is 0 Å². The fourth-order valence-corrected chi connectivity index (χ4v) is 2.45. The molecule has 0 aromatic rings. The molecule has 0 amide bonds. The van der Waals surface area contributed by atoms with Crippen molar-refractivity contribution in [3.8, 4) is 0 Å². The van der Waals surface area contributed by atoms with Crippen molar-refractivity contribution in [2.24, 2.45) is 5.92 Å². The summed E-state index contributed by atoms with van der Waals surface area (Å²) in [4.78, 5) is 13.6. The Hall–Kier alpha value is -0.370. The molecule has 1 aliphatic rings. The first-order chi connectivity index (χ1) is 6.69. The minimum Gasteiger partial charge on any atom is -0.300 e. The Kier molecular flexibility index (Phi) is 4.59. The summed E-state index contributed by atoms with van der Waals surface area (Å²) in [5.41, 5.74) is 0. The summed E-state index contributed by atoms with van der Waals surface area (Å²) in [5, 5.41) is 0. The number of likely N-dealkylation sites (tertiary alicyclic amines) is 1. The minimum absolute atomic E-state index is 0.443. The van der Waals surface area contributed by atoms with Crippen LogP contribution in [0.25, 0.3) is 0 Å². The Balaban J connectivity index is 2.43. The van der Waals surface area contributed by atoms with Gasteiger partial charge in [0.2, 0.25) is 0 Å². The number of rotatable bonds is 4. The van der Waals surface area contributed by atoms with Gasteiger partial charge >= 0.3 is 0 Å². The minimum atomic E-state index is 0.443. The van der Waals surface area contributed by atoms with E-state index in [0.717, 1.165) is 31.8 Å². The molecule has 1 rings (SSSR count). The quantitative estimate of drug-likeness (QED) is 0.690. The fourth-order valence-electron chi connectivity index (χ4n) is 2.45. The van der Waals surface area contributed by atoms with Gasteiger partial charge in [-0.15, -0.1) is 0 Å². The molecule has 1 heterocycles. The van der Waals surface area contributed by atoms with Gasteiger partial charge in [-0.3, -0.25) is 9.69 Å². The van der Waals surface area contributed by atoms with Gasteiger partial charge in [0.15, 0.2) is 0 Å². The summed E-state index contributed by atoms with van der Waals surface area (Å²) >= 11 is 0. The molecule has 1 atom stereocenters. The van der Waals surface area contributed by atoms with Crippen molar-refractivity contribution in [2.75, 3.05) is 13.1 Å². The highest BCUT2D eigenvalue weighted by Crippen LogP contribution is 2.20. The molecule has 0 bridgehead atoms. The van der Waals surface area contributed by atoms with E-state index in [4.69, 9.17) is 0 Å². The maximum Gasteiger partial charge on any atom is 0.135 e. The molecule has 0 aromatic carbocycles. The van der Waals surface area contributed by atoms with Gasteiger partial charge in [-0.2, -0.15) is 0 Å². The van der Waals surface area contributed by atoms with Gasteiger partial charge in [-0.25, -0.2) is 0 Å². The van der Waals surface area contributed by atoms with E-state index >= 15 is 0 Å². The molecule has 0 aromatic heterocycles. The highest BCUT2D eigenvalue weighted by molar-refractivity contribution is 5.79. The van der Waals surface area contributed by atoms with Crippen LogP contribution >= 0.6 is 0 Å². The van der Waals surface area contributed by atoms with E-state index in [-0.39, 0.29) is 0 Å². The van der Waals surface area contributed by atoms with E-state index < -0.39 is 0 Å². The number of nitrogens with zero attached hydrogens (tertiary/aromatic N) is 1. The summed E-state index contributed by atoms with van der Waals surface area (Å²) in [5.74, 6) is 1.24. The van der Waals surface area contributed by atoms with Crippen LogP contribution in [0.5, 0.6) is 0 Å². The first-order valence-corrected chi connectivity index (χ1v) is 5.94. The van der Waals surface area contributed by atoms with Crippen molar-refractivity contribution in [1.82, 2.24) is 4.90 Å². The molecule has 2 nitrogen and oxygen atoms in total. The van der Waals surface area contributed by atoms with E-state index in [1.807, 2.05) is 0 Å². The molecule has 0 spiro atoms. The fraction of sp³-hybridized carbons (Fsp3) is 0.917. The standard InChI is InChI=1S/C12H23NO/c1-4-11(5-2)10(3)13-8-6-12(14)7-9-13/h10-11H,4-9H2,1-3H3. The van der Waals surface area contributed by atoms with Gasteiger partial charge in [0.1, 0.15) is 5.78 Å². The average Bonchev–Trinajstić information content (AvgIpc) is 2.20. The second kappa shape index (κ2) is 5.50. The van der Waals surface area contributed by atoms with E-state index in [1.165, 1.54) is 12.8 Å². The molecule has 14 heavy (non-hydrogen) atoms. The molecule has 0 radical (unpaired) electrons. The molecule has 0 N–H and O–H groups in total. The van der Waals surface area contributed by atoms with Gasteiger partial charge in [0, 0.05) is 32.0 Å². The second-order valence-corrected chi connectivity index (χ2v) is 4.39. The van der Waals surface area contributed by atoms with Crippen molar-refractivity contribution in [3.05, 3.63) is 0 Å². The van der Waals surface area contributed by atoms with Crippen molar-refractivity contribution in [2.45, 2.75) is 52.5 Å². The van der Waals surface area contributed by atoms with Crippen LogP contribution in [0, 0.1) is 5.92 Å². The Morgan fingerprint density at radius 1 is 1.21 bits per heavy atom. The molecule has 1 saturated heterocycles. The molecule has 82 valence electrons. The zero-order valence-corrected chi connectivity index (χ0v) is 9.75. The molecule has 1 unspecified atom stereocenters. The largest absolute Gasteiger partial charge is 0.300 e. The smallest absolute Gasteiger partial charge is 0.135 e. The SMILES string of the molecule is CCC(CC)C(C)N1CCC(=O)CC1. The van der Waals surface area contributed by atoms with E-state index in [2.05, 4.69) is 25.7 Å². The Morgan fingerprint density at radius 3 is 2.14 bits per heavy atom. The van der Waals surface area contributed by atoms with E-state index in [1.54, 1.807) is 0 Å². The maximum atomic E-state index is 11.1. The third kappa shape index (κ3) is 2.81. The highest BCUT2D eigenvalue weighted by atomic mass is 16.1. The van der Waals surface area contributed by atoms with Crippen LogP contribution in [-0.4, -0.2) is 29.8 Å². The van der Waals surface area contributed by atoms with Gasteiger partial charge in [-0.1, -0.05) is 26.7 Å². The highest BCUT2D eigenvalue weighted by Gasteiger charge is 2.24. The zero-order chi connectivity index (χ0) is 10.6. The monoisotopic (exact) mass is 197 g/mol. The van der Waals surface area contributed by atoms with Gasteiger partial charge in [0.25, 0.3) is 0 Å². The molecule has 0 aliphatic carbocycles. The molecule has 2 heteroatoms. The number of piperidine rings is 1. The number of carbonyl (C=O) groups is 1. The van der Waals surface area contributed by atoms with Crippen LogP contribution in [0.1, 0.15) is 46.5 Å². The lowest BCUT2D eigenvalue weighted by molar-refractivity contribution is -0.122. The van der Waals surface area contributed by atoms with Crippen LogP contribution in [-0.2, 0) is 4.79 Å². The molecule has 0 saturated carbocycles. The summed E-state index contributed by atoms with van der Waals surface area (Å²) in [6.07, 6.45) is 4.04. The topological polar surface area (TPSA) is 20.3 Å². The Labute approximate surface area is 87.7 Å². The molecule has 1 fully saturated rings. The average molecular weight is 197 g/mol. The third-order valence-corrected chi connectivity index (χ3v) is 3.66. The van der Waals surface area contributed by atoms with Gasteiger partial charge in [-0.05, 0) is 12.8 Å². The molecule has 1 aliphatic heterocycles. The number of ketones is 1. The van der Waals surface area contributed by atoms with Crippen LogP contribution in [0.3, 0.4) is 0 Å². The van der Waals surface area contributed by atoms with Crippen molar-refractivity contribution < 1.29 is 4.79 Å². The first kappa shape index (κ1) is 11.7. The lowest BCUT2D eigenvalue weighted by Crippen LogP contribution is -2.43. The molecular formula is C12H23NO. The summed E-state index contributed by atoms with van der Waals surface area (Å²) < 4.78 is 0. The predicted molar refractivity (Wildman–Crippen MR) is 59.3 cm³/mol. The Bertz CT molecular complexity index is 177. The van der Waals surface area contributed by atoms with Crippen molar-refractivity contribution >= 4 is 5.78 Å². The lowest BCUT2D eigenvalue weighted by atomic mass is 9.93. The van der Waals surface area contributed by atoms with Crippen LogP contribution in [0.2, 0.25) is 0 Å². The maximum absolute atomic E-state index is 11.1.